The number of carbonyl (C=O) groups is 1. The zero-order valence-electron chi connectivity index (χ0n) is 13.2. The third kappa shape index (κ3) is 5.61. The Morgan fingerprint density at radius 2 is 2.10 bits per heavy atom. The van der Waals surface area contributed by atoms with Crippen LogP contribution in [-0.4, -0.2) is 29.6 Å². The summed E-state index contributed by atoms with van der Waals surface area (Å²) in [5.74, 6) is 6.24. The molecule has 1 unspecified atom stereocenters. The van der Waals surface area contributed by atoms with E-state index >= 15 is 0 Å². The molecule has 0 radical (unpaired) electrons. The molecule has 0 aromatic heterocycles. The molecule has 0 bridgehead atoms. The molecule has 0 saturated heterocycles. The lowest BCUT2D eigenvalue weighted by Crippen LogP contribution is -2.31. The first kappa shape index (κ1) is 17.3. The van der Waals surface area contributed by atoms with Gasteiger partial charge in [0.15, 0.2) is 0 Å². The molecule has 1 N–H and O–H groups in total. The van der Waals surface area contributed by atoms with Gasteiger partial charge >= 0.3 is 0 Å². The molecule has 0 aliphatic heterocycles. The molecule has 0 aliphatic rings. The van der Waals surface area contributed by atoms with Crippen molar-refractivity contribution in [3.63, 3.8) is 0 Å². The highest BCUT2D eigenvalue weighted by Crippen LogP contribution is 2.14. The minimum Gasteiger partial charge on any atom is -0.395 e. The minimum atomic E-state index is 0.0626. The highest BCUT2D eigenvalue weighted by Gasteiger charge is 2.17. The lowest BCUT2D eigenvalue weighted by molar-refractivity contribution is -0.134. The van der Waals surface area contributed by atoms with Crippen LogP contribution in [-0.2, 0) is 11.3 Å². The number of benzene rings is 1. The van der Waals surface area contributed by atoms with Gasteiger partial charge in [-0.1, -0.05) is 50.3 Å². The van der Waals surface area contributed by atoms with Crippen LogP contribution in [0.15, 0.2) is 24.3 Å². The Balaban J connectivity index is 2.79. The number of amides is 1. The van der Waals surface area contributed by atoms with Crippen LogP contribution in [0.25, 0.3) is 0 Å². The molecule has 1 amide bonds. The van der Waals surface area contributed by atoms with E-state index in [0.29, 0.717) is 13.0 Å². The fraction of sp³-hybridized carbons (Fsp3) is 0.500. The molecule has 1 atom stereocenters. The fourth-order valence-corrected chi connectivity index (χ4v) is 2.26. The monoisotopic (exact) mass is 287 g/mol. The standard InChI is InChI=1S/C18H25NO2/c1-4-9-15(2)18(21)19(3)14-17-12-6-5-10-16(17)11-7-8-13-20/h5-6,10,12,15,20H,4,8-9,13-14H2,1-3H3. The Bertz CT molecular complexity index is 513. The summed E-state index contributed by atoms with van der Waals surface area (Å²) in [6.07, 6.45) is 2.40. The average Bonchev–Trinajstić information content (AvgIpc) is 2.48. The molecule has 0 aliphatic carbocycles. The zero-order valence-corrected chi connectivity index (χ0v) is 13.2. The number of rotatable bonds is 6. The van der Waals surface area contributed by atoms with Gasteiger partial charge in [-0.15, -0.1) is 0 Å². The molecule has 1 aromatic rings. The summed E-state index contributed by atoms with van der Waals surface area (Å²) in [6, 6.07) is 7.85. The van der Waals surface area contributed by atoms with Crippen LogP contribution in [0, 0.1) is 17.8 Å². The van der Waals surface area contributed by atoms with Crippen LogP contribution >= 0.6 is 0 Å². The van der Waals surface area contributed by atoms with Crippen molar-refractivity contribution in [1.29, 1.82) is 0 Å². The van der Waals surface area contributed by atoms with Gasteiger partial charge in [0.25, 0.3) is 0 Å². The normalized spacial score (nSPS) is 11.4. The van der Waals surface area contributed by atoms with Crippen molar-refractivity contribution >= 4 is 5.91 Å². The van der Waals surface area contributed by atoms with E-state index in [4.69, 9.17) is 5.11 Å². The molecule has 3 heteroatoms. The Morgan fingerprint density at radius 3 is 2.76 bits per heavy atom. The van der Waals surface area contributed by atoms with Gasteiger partial charge in [0.2, 0.25) is 5.91 Å². The average molecular weight is 287 g/mol. The molecule has 0 saturated carbocycles. The Hall–Kier alpha value is -1.79. The largest absolute Gasteiger partial charge is 0.395 e. The number of aliphatic hydroxyl groups excluding tert-OH is 1. The molecule has 114 valence electrons. The number of carbonyl (C=O) groups excluding carboxylic acids is 1. The lowest BCUT2D eigenvalue weighted by Gasteiger charge is -2.21. The van der Waals surface area contributed by atoms with Crippen LogP contribution in [0.4, 0.5) is 0 Å². The molecule has 0 spiro atoms. The van der Waals surface area contributed by atoms with E-state index in [1.54, 1.807) is 4.90 Å². The zero-order chi connectivity index (χ0) is 15.7. The van der Waals surface area contributed by atoms with Crippen LogP contribution < -0.4 is 0 Å². The van der Waals surface area contributed by atoms with Crippen molar-refractivity contribution in [3.05, 3.63) is 35.4 Å². The Labute approximate surface area is 128 Å². The molecule has 1 aromatic carbocycles. The minimum absolute atomic E-state index is 0.0626. The summed E-state index contributed by atoms with van der Waals surface area (Å²) in [5, 5.41) is 8.79. The maximum Gasteiger partial charge on any atom is 0.225 e. The Kier molecular flexibility index (Phi) is 7.56. The molecular formula is C18H25NO2. The SMILES string of the molecule is CCCC(C)C(=O)N(C)Cc1ccccc1C#CCCO. The highest BCUT2D eigenvalue weighted by molar-refractivity contribution is 5.78. The van der Waals surface area contributed by atoms with Crippen LogP contribution in [0.1, 0.15) is 44.2 Å². The van der Waals surface area contributed by atoms with Crippen molar-refractivity contribution < 1.29 is 9.90 Å². The van der Waals surface area contributed by atoms with Crippen LogP contribution in [0.3, 0.4) is 0 Å². The van der Waals surface area contributed by atoms with Crippen molar-refractivity contribution in [2.24, 2.45) is 5.92 Å². The molecule has 0 heterocycles. The third-order valence-electron chi connectivity index (χ3n) is 3.40. The first-order valence-corrected chi connectivity index (χ1v) is 7.52. The van der Waals surface area contributed by atoms with Crippen LogP contribution in [0.2, 0.25) is 0 Å². The van der Waals surface area contributed by atoms with Gasteiger partial charge in [-0.3, -0.25) is 4.79 Å². The van der Waals surface area contributed by atoms with Crippen LogP contribution in [0.5, 0.6) is 0 Å². The van der Waals surface area contributed by atoms with E-state index < -0.39 is 0 Å². The quantitative estimate of drug-likeness (QED) is 0.817. The van der Waals surface area contributed by atoms with Crippen molar-refractivity contribution in [2.45, 2.75) is 39.7 Å². The van der Waals surface area contributed by atoms with E-state index in [-0.39, 0.29) is 18.4 Å². The van der Waals surface area contributed by atoms with E-state index in [1.165, 1.54) is 0 Å². The topological polar surface area (TPSA) is 40.5 Å². The van der Waals surface area contributed by atoms with Gasteiger partial charge in [-0.25, -0.2) is 0 Å². The Morgan fingerprint density at radius 1 is 1.38 bits per heavy atom. The summed E-state index contributed by atoms with van der Waals surface area (Å²) in [6.45, 7) is 4.71. The van der Waals surface area contributed by atoms with Crippen molar-refractivity contribution in [2.75, 3.05) is 13.7 Å². The second-order valence-electron chi connectivity index (χ2n) is 5.32. The number of aliphatic hydroxyl groups is 1. The number of hydrogen-bond donors (Lipinski definition) is 1. The summed E-state index contributed by atoms with van der Waals surface area (Å²) < 4.78 is 0. The van der Waals surface area contributed by atoms with Crippen molar-refractivity contribution in [3.8, 4) is 11.8 Å². The summed E-state index contributed by atoms with van der Waals surface area (Å²) in [5.41, 5.74) is 1.97. The predicted molar refractivity (Wildman–Crippen MR) is 85.6 cm³/mol. The van der Waals surface area contributed by atoms with Crippen molar-refractivity contribution in [1.82, 2.24) is 4.90 Å². The maximum absolute atomic E-state index is 12.3. The summed E-state index contributed by atoms with van der Waals surface area (Å²) in [4.78, 5) is 14.0. The number of nitrogens with zero attached hydrogens (tertiary/aromatic N) is 1. The van der Waals surface area contributed by atoms with Gasteiger partial charge in [-0.05, 0) is 18.1 Å². The summed E-state index contributed by atoms with van der Waals surface area (Å²) >= 11 is 0. The number of hydrogen-bond acceptors (Lipinski definition) is 2. The highest BCUT2D eigenvalue weighted by atomic mass is 16.2. The van der Waals surface area contributed by atoms with E-state index in [0.717, 1.165) is 24.0 Å². The van der Waals surface area contributed by atoms with Gasteiger partial charge in [0.05, 0.1) is 6.61 Å². The second-order valence-corrected chi connectivity index (χ2v) is 5.32. The molecule has 3 nitrogen and oxygen atoms in total. The van der Waals surface area contributed by atoms with E-state index in [2.05, 4.69) is 18.8 Å². The fourth-order valence-electron chi connectivity index (χ4n) is 2.26. The predicted octanol–water partition coefficient (Wildman–Crippen LogP) is 2.82. The van der Waals surface area contributed by atoms with Gasteiger partial charge in [-0.2, -0.15) is 0 Å². The van der Waals surface area contributed by atoms with Gasteiger partial charge in [0, 0.05) is 31.5 Å². The third-order valence-corrected chi connectivity index (χ3v) is 3.40. The first-order chi connectivity index (χ1) is 10.1. The molecule has 1 rings (SSSR count). The van der Waals surface area contributed by atoms with E-state index in [9.17, 15) is 4.79 Å². The second kappa shape index (κ2) is 9.20. The lowest BCUT2D eigenvalue weighted by atomic mass is 10.0. The van der Waals surface area contributed by atoms with E-state index in [1.807, 2.05) is 38.2 Å². The molecule has 21 heavy (non-hydrogen) atoms. The van der Waals surface area contributed by atoms with Gasteiger partial charge in [0.1, 0.15) is 0 Å². The first-order valence-electron chi connectivity index (χ1n) is 7.52. The summed E-state index contributed by atoms with van der Waals surface area (Å²) in [7, 11) is 1.84. The molecular weight excluding hydrogens is 262 g/mol. The maximum atomic E-state index is 12.3. The molecule has 0 fully saturated rings. The smallest absolute Gasteiger partial charge is 0.225 e. The van der Waals surface area contributed by atoms with Gasteiger partial charge < -0.3 is 10.0 Å².